The van der Waals surface area contributed by atoms with Crippen molar-refractivity contribution in [2.24, 2.45) is 0 Å². The molecule has 0 aromatic carbocycles. The molecule has 0 aliphatic heterocycles. The second kappa shape index (κ2) is 49.0. The van der Waals surface area contributed by atoms with Crippen molar-refractivity contribution in [2.75, 3.05) is 19.8 Å². The summed E-state index contributed by atoms with van der Waals surface area (Å²) in [6, 6.07) is 0. The zero-order valence-electron chi connectivity index (χ0n) is 41.0. The second-order valence-corrected chi connectivity index (χ2v) is 19.4. The Bertz CT molecular complexity index is 1060. The number of hydrogen-bond acceptors (Lipinski definition) is 7. The Hall–Kier alpha value is -1.47. The van der Waals surface area contributed by atoms with Gasteiger partial charge in [0, 0.05) is 12.8 Å². The van der Waals surface area contributed by atoms with E-state index in [0.29, 0.717) is 12.8 Å². The first-order valence-corrected chi connectivity index (χ1v) is 28.1. The van der Waals surface area contributed by atoms with Gasteiger partial charge in [-0.2, -0.15) is 0 Å². The van der Waals surface area contributed by atoms with Crippen molar-refractivity contribution in [2.45, 2.75) is 284 Å². The van der Waals surface area contributed by atoms with Gasteiger partial charge < -0.3 is 14.4 Å². The monoisotopic (exact) mass is 897 g/mol. The molecule has 0 amide bonds. The molecule has 366 valence electrons. The van der Waals surface area contributed by atoms with Crippen LogP contribution in [0.5, 0.6) is 0 Å². The summed E-state index contributed by atoms with van der Waals surface area (Å²) in [5, 5.41) is 0. The van der Waals surface area contributed by atoms with Crippen LogP contribution in [0.2, 0.25) is 0 Å². The van der Waals surface area contributed by atoms with Crippen molar-refractivity contribution >= 4 is 19.8 Å². The Morgan fingerprint density at radius 3 is 1.15 bits per heavy atom. The molecule has 2 atom stereocenters. The lowest BCUT2D eigenvalue weighted by Gasteiger charge is -2.19. The fourth-order valence-electron chi connectivity index (χ4n) is 7.84. The smallest absolute Gasteiger partial charge is 0.462 e. The van der Waals surface area contributed by atoms with Crippen molar-refractivity contribution < 1.29 is 37.6 Å². The molecule has 0 aromatic rings. The van der Waals surface area contributed by atoms with E-state index in [9.17, 15) is 19.0 Å². The van der Waals surface area contributed by atoms with Crippen LogP contribution in [-0.2, 0) is 32.7 Å². The maximum absolute atomic E-state index is 12.6. The lowest BCUT2D eigenvalue weighted by Crippen LogP contribution is -2.29. The van der Waals surface area contributed by atoms with Crippen LogP contribution in [0.25, 0.3) is 0 Å². The molecular weight excluding hydrogens is 796 g/mol. The van der Waals surface area contributed by atoms with Crippen LogP contribution >= 0.6 is 7.82 Å². The van der Waals surface area contributed by atoms with Gasteiger partial charge in [0.1, 0.15) is 6.61 Å². The number of unbranched alkanes of at least 4 members (excludes halogenated alkanes) is 34. The molecule has 0 spiro atoms. The third-order valence-electron chi connectivity index (χ3n) is 11.8. The van der Waals surface area contributed by atoms with E-state index in [0.717, 1.165) is 44.9 Å². The van der Waals surface area contributed by atoms with E-state index < -0.39 is 19.9 Å². The number of ether oxygens (including phenoxy) is 2. The van der Waals surface area contributed by atoms with Crippen LogP contribution in [0, 0.1) is 0 Å². The van der Waals surface area contributed by atoms with Gasteiger partial charge in [0.05, 0.1) is 13.2 Å². The van der Waals surface area contributed by atoms with Crippen molar-refractivity contribution in [3.63, 3.8) is 0 Å². The minimum absolute atomic E-state index is 0.00196. The summed E-state index contributed by atoms with van der Waals surface area (Å²) in [4.78, 5) is 35.0. The molecule has 0 rings (SSSR count). The minimum atomic E-state index is -4.28. The molecule has 0 saturated carbocycles. The second-order valence-electron chi connectivity index (χ2n) is 17.9. The Morgan fingerprint density at radius 2 is 0.774 bits per heavy atom. The van der Waals surface area contributed by atoms with Crippen molar-refractivity contribution in [1.82, 2.24) is 0 Å². The van der Waals surface area contributed by atoms with Gasteiger partial charge in [-0.25, -0.2) is 4.57 Å². The molecular formula is C53H101O8P. The van der Waals surface area contributed by atoms with Gasteiger partial charge in [0.25, 0.3) is 0 Å². The number of phosphoric acid groups is 1. The lowest BCUT2D eigenvalue weighted by molar-refractivity contribution is -0.161. The molecule has 2 unspecified atom stereocenters. The summed E-state index contributed by atoms with van der Waals surface area (Å²) in [6.45, 7) is 5.52. The number of phosphoric ester groups is 1. The Kier molecular flexibility index (Phi) is 47.8. The van der Waals surface area contributed by atoms with Gasteiger partial charge >= 0.3 is 19.8 Å². The first-order chi connectivity index (χ1) is 30.3. The van der Waals surface area contributed by atoms with E-state index in [1.165, 1.54) is 193 Å². The maximum atomic E-state index is 12.6. The number of esters is 2. The predicted molar refractivity (Wildman–Crippen MR) is 263 cm³/mol. The lowest BCUT2D eigenvalue weighted by atomic mass is 10.0. The zero-order chi connectivity index (χ0) is 45.3. The van der Waals surface area contributed by atoms with E-state index in [1.54, 1.807) is 6.92 Å². The van der Waals surface area contributed by atoms with E-state index in [1.807, 2.05) is 0 Å². The van der Waals surface area contributed by atoms with E-state index in [-0.39, 0.29) is 32.2 Å². The Morgan fingerprint density at radius 1 is 0.435 bits per heavy atom. The third kappa shape index (κ3) is 48.0. The molecule has 9 heteroatoms. The van der Waals surface area contributed by atoms with Crippen LogP contribution in [0.15, 0.2) is 24.3 Å². The molecule has 0 aliphatic carbocycles. The maximum Gasteiger partial charge on any atom is 0.472 e. The summed E-state index contributed by atoms with van der Waals surface area (Å²) >= 11 is 0. The van der Waals surface area contributed by atoms with Gasteiger partial charge in [-0.1, -0.05) is 237 Å². The number of carbonyl (C=O) groups excluding carboxylic acids is 2. The summed E-state index contributed by atoms with van der Waals surface area (Å²) in [6.07, 6.45) is 56.7. The van der Waals surface area contributed by atoms with E-state index >= 15 is 0 Å². The molecule has 0 saturated heterocycles. The molecule has 0 bridgehead atoms. The number of carbonyl (C=O) groups is 2. The highest BCUT2D eigenvalue weighted by Crippen LogP contribution is 2.43. The van der Waals surface area contributed by atoms with Crippen molar-refractivity contribution in [1.29, 1.82) is 0 Å². The fraction of sp³-hybridized carbons (Fsp3) is 0.887. The molecule has 0 radical (unpaired) electrons. The van der Waals surface area contributed by atoms with Crippen molar-refractivity contribution in [3.8, 4) is 0 Å². The van der Waals surface area contributed by atoms with Gasteiger partial charge in [-0.05, 0) is 51.9 Å². The van der Waals surface area contributed by atoms with Gasteiger partial charge in [0.15, 0.2) is 6.10 Å². The van der Waals surface area contributed by atoms with Gasteiger partial charge in [-0.15, -0.1) is 0 Å². The van der Waals surface area contributed by atoms with E-state index in [2.05, 4.69) is 38.2 Å². The highest BCUT2D eigenvalue weighted by atomic mass is 31.2. The highest BCUT2D eigenvalue weighted by Gasteiger charge is 2.25. The Balaban J connectivity index is 3.94. The molecule has 8 nitrogen and oxygen atoms in total. The number of hydrogen-bond donors (Lipinski definition) is 1. The first kappa shape index (κ1) is 60.5. The molecule has 0 aliphatic rings. The standard InChI is InChI=1S/C53H101O8P/c1-4-7-9-11-13-15-17-19-21-23-25-27-29-31-33-35-37-39-41-43-45-47-52(54)58-49-51(50-60-62(56,57)59-6-3)61-53(55)48-46-44-42-40-38-36-34-32-30-28-26-24-22-20-18-16-14-12-10-8-5-2/h18,20,24,26,51H,4-17,19,21-23,25,27-50H2,1-3H3,(H,56,57)/b20-18-,26-24-. The summed E-state index contributed by atoms with van der Waals surface area (Å²) in [5.74, 6) is -0.786. The van der Waals surface area contributed by atoms with Crippen LogP contribution < -0.4 is 0 Å². The Labute approximate surface area is 383 Å². The summed E-state index contributed by atoms with van der Waals surface area (Å²) < 4.78 is 32.8. The van der Waals surface area contributed by atoms with Gasteiger partial charge in [0.2, 0.25) is 0 Å². The van der Waals surface area contributed by atoms with Gasteiger partial charge in [-0.3, -0.25) is 18.6 Å². The highest BCUT2D eigenvalue weighted by molar-refractivity contribution is 7.47. The quantitative estimate of drug-likeness (QED) is 0.0278. The molecule has 0 heterocycles. The SMILES string of the molecule is CCCCCCC/C=C\C/C=C\CCCCCCCCCCCC(=O)OC(COC(=O)CCCCCCCCCCCCCCCCCCCCCCC)COP(=O)(O)OCC. The fourth-order valence-corrected chi connectivity index (χ4v) is 8.59. The largest absolute Gasteiger partial charge is 0.472 e. The molecule has 0 aromatic heterocycles. The van der Waals surface area contributed by atoms with Crippen molar-refractivity contribution in [3.05, 3.63) is 24.3 Å². The average Bonchev–Trinajstić information content (AvgIpc) is 3.25. The predicted octanol–water partition coefficient (Wildman–Crippen LogP) is 17.4. The molecule has 0 fully saturated rings. The molecule has 1 N–H and O–H groups in total. The van der Waals surface area contributed by atoms with E-state index in [4.69, 9.17) is 18.5 Å². The molecule has 62 heavy (non-hydrogen) atoms. The third-order valence-corrected chi connectivity index (χ3v) is 12.8. The number of allylic oxidation sites excluding steroid dienone is 4. The average molecular weight is 897 g/mol. The zero-order valence-corrected chi connectivity index (χ0v) is 41.9. The topological polar surface area (TPSA) is 108 Å². The minimum Gasteiger partial charge on any atom is -0.462 e. The van der Waals surface area contributed by atoms with Crippen LogP contribution in [0.3, 0.4) is 0 Å². The van der Waals surface area contributed by atoms with Crippen LogP contribution in [-0.4, -0.2) is 42.8 Å². The number of rotatable bonds is 50. The normalized spacial score (nSPS) is 13.3. The summed E-state index contributed by atoms with van der Waals surface area (Å²) in [5.41, 5.74) is 0. The van der Waals surface area contributed by atoms with Crippen LogP contribution in [0.1, 0.15) is 278 Å². The first-order valence-electron chi connectivity index (χ1n) is 26.6. The summed E-state index contributed by atoms with van der Waals surface area (Å²) in [7, 11) is -4.28. The van der Waals surface area contributed by atoms with Crippen LogP contribution in [0.4, 0.5) is 0 Å².